The summed E-state index contributed by atoms with van der Waals surface area (Å²) in [5, 5.41) is 2.40. The number of rotatable bonds is 4. The largest absolute Gasteiger partial charge is 0.416 e. The molecule has 150 valence electrons. The minimum absolute atomic E-state index is 0.00180. The van der Waals surface area contributed by atoms with Crippen LogP contribution < -0.4 is 10.9 Å². The Morgan fingerprint density at radius 2 is 1.97 bits per heavy atom. The van der Waals surface area contributed by atoms with Crippen LogP contribution in [0.15, 0.2) is 47.5 Å². The number of hydrogen-bond donors (Lipinski definition) is 2. The molecule has 1 aromatic carbocycles. The number of aryl methyl sites for hydroxylation is 2. The first-order valence-corrected chi connectivity index (χ1v) is 8.63. The highest BCUT2D eigenvalue weighted by molar-refractivity contribution is 5.92. The summed E-state index contributed by atoms with van der Waals surface area (Å²) >= 11 is 0. The van der Waals surface area contributed by atoms with E-state index in [1.165, 1.54) is 19.1 Å². The molecule has 3 rings (SSSR count). The molecule has 0 atom stereocenters. The van der Waals surface area contributed by atoms with Crippen LogP contribution >= 0.6 is 0 Å². The fourth-order valence-corrected chi connectivity index (χ4v) is 2.83. The van der Waals surface area contributed by atoms with Crippen molar-refractivity contribution in [1.82, 2.24) is 15.0 Å². The number of halogens is 3. The van der Waals surface area contributed by atoms with Crippen LogP contribution in [0.3, 0.4) is 0 Å². The van der Waals surface area contributed by atoms with Gasteiger partial charge in [-0.2, -0.15) is 13.2 Å². The number of pyridine rings is 1. The Labute approximate surface area is 163 Å². The number of aromatic amines is 1. The van der Waals surface area contributed by atoms with E-state index in [1.807, 2.05) is 0 Å². The van der Waals surface area contributed by atoms with E-state index in [-0.39, 0.29) is 23.2 Å². The van der Waals surface area contributed by atoms with Gasteiger partial charge >= 0.3 is 6.18 Å². The van der Waals surface area contributed by atoms with E-state index >= 15 is 0 Å². The second-order valence-electron chi connectivity index (χ2n) is 6.47. The summed E-state index contributed by atoms with van der Waals surface area (Å²) in [6, 6.07) is 6.95. The molecule has 0 spiro atoms. The molecular formula is C20H17F3N4O2. The number of anilines is 1. The Balaban J connectivity index is 1.81. The molecule has 0 unspecified atom stereocenters. The van der Waals surface area contributed by atoms with Gasteiger partial charge in [0.25, 0.3) is 5.56 Å². The first kappa shape index (κ1) is 20.2. The van der Waals surface area contributed by atoms with Crippen LogP contribution in [0.1, 0.15) is 22.4 Å². The van der Waals surface area contributed by atoms with Gasteiger partial charge in [0.05, 0.1) is 12.0 Å². The number of benzene rings is 1. The van der Waals surface area contributed by atoms with E-state index in [0.717, 1.165) is 6.07 Å². The average molecular weight is 402 g/mol. The molecule has 0 fully saturated rings. The molecule has 0 bridgehead atoms. The summed E-state index contributed by atoms with van der Waals surface area (Å²) in [7, 11) is 0. The molecule has 1 amide bonds. The van der Waals surface area contributed by atoms with Crippen molar-refractivity contribution in [2.75, 3.05) is 5.32 Å². The molecule has 0 aliphatic rings. The molecule has 6 nitrogen and oxygen atoms in total. The van der Waals surface area contributed by atoms with Gasteiger partial charge in [0.2, 0.25) is 5.91 Å². The first-order chi connectivity index (χ1) is 13.6. The van der Waals surface area contributed by atoms with Gasteiger partial charge in [-0.3, -0.25) is 14.6 Å². The molecule has 0 aliphatic carbocycles. The summed E-state index contributed by atoms with van der Waals surface area (Å²) < 4.78 is 39.1. The van der Waals surface area contributed by atoms with E-state index in [0.29, 0.717) is 17.1 Å². The highest BCUT2D eigenvalue weighted by Crippen LogP contribution is 2.33. The lowest BCUT2D eigenvalue weighted by atomic mass is 10.1. The normalized spacial score (nSPS) is 11.3. The average Bonchev–Trinajstić information content (AvgIpc) is 2.66. The van der Waals surface area contributed by atoms with E-state index < -0.39 is 23.2 Å². The molecule has 3 aromatic rings. The molecule has 0 radical (unpaired) electrons. The van der Waals surface area contributed by atoms with Crippen molar-refractivity contribution >= 4 is 11.6 Å². The Morgan fingerprint density at radius 3 is 2.59 bits per heavy atom. The zero-order chi connectivity index (χ0) is 21.2. The van der Waals surface area contributed by atoms with Crippen LogP contribution in [0.2, 0.25) is 0 Å². The third kappa shape index (κ3) is 4.68. The third-order valence-corrected chi connectivity index (χ3v) is 4.32. The Kier molecular flexibility index (Phi) is 5.49. The zero-order valence-electron chi connectivity index (χ0n) is 15.6. The number of nitrogens with one attached hydrogen (secondary N) is 2. The van der Waals surface area contributed by atoms with Crippen LogP contribution in [0, 0.1) is 13.8 Å². The molecule has 2 heterocycles. The summed E-state index contributed by atoms with van der Waals surface area (Å²) in [4.78, 5) is 35.6. The van der Waals surface area contributed by atoms with Gasteiger partial charge in [0.1, 0.15) is 5.82 Å². The van der Waals surface area contributed by atoms with Crippen molar-refractivity contribution in [3.63, 3.8) is 0 Å². The molecular weight excluding hydrogens is 385 g/mol. The van der Waals surface area contributed by atoms with Gasteiger partial charge in [0, 0.05) is 34.9 Å². The smallest absolute Gasteiger partial charge is 0.326 e. The molecule has 0 saturated carbocycles. The lowest BCUT2D eigenvalue weighted by molar-refractivity contribution is -0.138. The van der Waals surface area contributed by atoms with Gasteiger partial charge in [-0.25, -0.2) is 4.98 Å². The minimum Gasteiger partial charge on any atom is -0.326 e. The maximum atomic E-state index is 13.0. The maximum absolute atomic E-state index is 13.0. The number of carbonyl (C=O) groups is 1. The van der Waals surface area contributed by atoms with Crippen LogP contribution in [0.25, 0.3) is 11.4 Å². The van der Waals surface area contributed by atoms with Crippen molar-refractivity contribution in [1.29, 1.82) is 0 Å². The van der Waals surface area contributed by atoms with E-state index in [4.69, 9.17) is 0 Å². The van der Waals surface area contributed by atoms with Crippen LogP contribution in [0.5, 0.6) is 0 Å². The fraction of sp³-hybridized carbons (Fsp3) is 0.200. The van der Waals surface area contributed by atoms with Crippen LogP contribution in [0.4, 0.5) is 18.9 Å². The number of aromatic nitrogens is 3. The lowest BCUT2D eigenvalue weighted by Crippen LogP contribution is -2.24. The minimum atomic E-state index is -4.52. The Morgan fingerprint density at radius 1 is 1.21 bits per heavy atom. The standard InChI is InChI=1S/C20H17F3N4O2/c1-11-5-6-14(8-16(11)20(21,22)23)26-17(28)9-15-12(2)25-18(27-19(15)29)13-4-3-7-24-10-13/h3-8,10H,9H2,1-2H3,(H,26,28)(H,25,27,29). The highest BCUT2D eigenvalue weighted by atomic mass is 19.4. The van der Waals surface area contributed by atoms with E-state index in [2.05, 4.69) is 20.3 Å². The lowest BCUT2D eigenvalue weighted by Gasteiger charge is -2.13. The summed E-state index contributed by atoms with van der Waals surface area (Å²) in [6.45, 7) is 2.93. The van der Waals surface area contributed by atoms with Crippen LogP contribution in [-0.2, 0) is 17.4 Å². The van der Waals surface area contributed by atoms with Crippen molar-refractivity contribution in [3.05, 3.63) is 75.5 Å². The van der Waals surface area contributed by atoms with Gasteiger partial charge < -0.3 is 10.3 Å². The third-order valence-electron chi connectivity index (χ3n) is 4.32. The second-order valence-corrected chi connectivity index (χ2v) is 6.47. The van der Waals surface area contributed by atoms with Crippen LogP contribution in [-0.4, -0.2) is 20.9 Å². The Bertz CT molecular complexity index is 1110. The molecule has 2 aromatic heterocycles. The van der Waals surface area contributed by atoms with Gasteiger partial charge in [-0.15, -0.1) is 0 Å². The monoisotopic (exact) mass is 402 g/mol. The summed E-state index contributed by atoms with van der Waals surface area (Å²) in [5.74, 6) is -0.301. The van der Waals surface area contributed by atoms with Crippen molar-refractivity contribution in [3.8, 4) is 11.4 Å². The van der Waals surface area contributed by atoms with Crippen molar-refractivity contribution in [2.45, 2.75) is 26.4 Å². The topological polar surface area (TPSA) is 87.7 Å². The number of H-pyrrole nitrogens is 1. The molecule has 2 N–H and O–H groups in total. The quantitative estimate of drug-likeness (QED) is 0.697. The predicted octanol–water partition coefficient (Wildman–Crippen LogP) is 3.65. The van der Waals surface area contributed by atoms with E-state index in [1.54, 1.807) is 31.5 Å². The highest BCUT2D eigenvalue weighted by Gasteiger charge is 2.32. The fourth-order valence-electron chi connectivity index (χ4n) is 2.83. The maximum Gasteiger partial charge on any atom is 0.416 e. The predicted molar refractivity (Wildman–Crippen MR) is 101 cm³/mol. The number of nitrogens with zero attached hydrogens (tertiary/aromatic N) is 2. The number of alkyl halides is 3. The van der Waals surface area contributed by atoms with Gasteiger partial charge in [-0.1, -0.05) is 6.07 Å². The molecule has 29 heavy (non-hydrogen) atoms. The summed E-state index contributed by atoms with van der Waals surface area (Å²) in [5.41, 5.74) is -0.165. The number of carbonyl (C=O) groups excluding carboxylic acids is 1. The van der Waals surface area contributed by atoms with Gasteiger partial charge in [-0.05, 0) is 43.7 Å². The summed E-state index contributed by atoms with van der Waals surface area (Å²) in [6.07, 6.45) is -1.72. The molecule has 9 heteroatoms. The second kappa shape index (κ2) is 7.86. The molecule has 0 aliphatic heterocycles. The van der Waals surface area contributed by atoms with Crippen molar-refractivity contribution < 1.29 is 18.0 Å². The number of hydrogen-bond acceptors (Lipinski definition) is 4. The van der Waals surface area contributed by atoms with Gasteiger partial charge in [0.15, 0.2) is 0 Å². The SMILES string of the molecule is Cc1ccc(NC(=O)Cc2c(C)nc(-c3cccnc3)[nH]c2=O)cc1C(F)(F)F. The first-order valence-electron chi connectivity index (χ1n) is 8.63. The number of amides is 1. The molecule has 0 saturated heterocycles. The van der Waals surface area contributed by atoms with Crippen molar-refractivity contribution in [2.24, 2.45) is 0 Å². The van der Waals surface area contributed by atoms with E-state index in [9.17, 15) is 22.8 Å². The zero-order valence-corrected chi connectivity index (χ0v) is 15.6. The Hall–Kier alpha value is -3.49.